The number of carbonyl (C=O) groups excluding carboxylic acids is 3. The number of phenolic OH excluding ortho intramolecular Hbond substituents is 2. The van der Waals surface area contributed by atoms with E-state index in [9.17, 15) is 47.4 Å². The highest BCUT2D eigenvalue weighted by Gasteiger charge is 2.37. The van der Waals surface area contributed by atoms with Gasteiger partial charge in [-0.1, -0.05) is 68.4 Å². The number of aromatic hydroxyl groups is 2. The minimum absolute atomic E-state index is 0.00394. The Labute approximate surface area is 482 Å². The molecule has 3 amide bonds. The van der Waals surface area contributed by atoms with Crippen LogP contribution in [0.1, 0.15) is 72.0 Å². The molecule has 3 saturated heterocycles. The Kier molecular flexibility index (Phi) is 17.4. The number of phenols is 2. The quantitative estimate of drug-likeness (QED) is 0.0624. The third kappa shape index (κ3) is 12.9. The number of hydrogen-bond acceptors (Lipinski definition) is 15. The fraction of sp³-hybridized carbons (Fsp3) is 0.424. The van der Waals surface area contributed by atoms with Gasteiger partial charge in [-0.2, -0.15) is 28.4 Å². The molecule has 3 fully saturated rings. The number of benzene rings is 4. The maximum absolute atomic E-state index is 14.1. The van der Waals surface area contributed by atoms with Crippen LogP contribution < -0.4 is 19.9 Å². The van der Waals surface area contributed by atoms with E-state index in [-0.39, 0.29) is 72.8 Å². The summed E-state index contributed by atoms with van der Waals surface area (Å²) in [5.41, 5.74) is 4.58. The van der Waals surface area contributed by atoms with E-state index in [1.54, 1.807) is 12.1 Å². The number of amides is 3. The summed E-state index contributed by atoms with van der Waals surface area (Å²) in [6.45, 7) is 12.4. The van der Waals surface area contributed by atoms with Crippen LogP contribution in [0.2, 0.25) is 5.02 Å². The topological polar surface area (TPSA) is 213 Å². The van der Waals surface area contributed by atoms with E-state index < -0.39 is 42.2 Å². The normalized spacial score (nSPS) is 17.4. The molecule has 0 bridgehead atoms. The third-order valence-corrected chi connectivity index (χ3v) is 16.3. The maximum atomic E-state index is 14.1. The van der Waals surface area contributed by atoms with Gasteiger partial charge in [-0.3, -0.25) is 28.8 Å². The first-order valence-electron chi connectivity index (χ1n) is 27.8. The number of likely N-dealkylation sites (tertiary alicyclic amines) is 1. The van der Waals surface area contributed by atoms with Crippen LogP contribution in [0.5, 0.6) is 17.5 Å². The van der Waals surface area contributed by atoms with E-state index >= 15 is 0 Å². The highest BCUT2D eigenvalue weighted by atomic mass is 35.5. The lowest BCUT2D eigenvalue weighted by Crippen LogP contribution is -2.55. The first kappa shape index (κ1) is 58.1. The van der Waals surface area contributed by atoms with Gasteiger partial charge < -0.3 is 39.9 Å². The number of nitrogens with one attached hydrogen (secondary N) is 1. The molecule has 19 nitrogen and oxygen atoms in total. The first-order chi connectivity index (χ1) is 39.8. The average molecular weight is 1160 g/mol. The Hall–Kier alpha value is -8.07. The summed E-state index contributed by atoms with van der Waals surface area (Å²) in [5, 5.41) is 43.6. The van der Waals surface area contributed by atoms with E-state index in [0.717, 1.165) is 39.3 Å². The van der Waals surface area contributed by atoms with E-state index in [1.807, 2.05) is 71.4 Å². The number of anilines is 2. The van der Waals surface area contributed by atoms with Gasteiger partial charge in [0.15, 0.2) is 11.7 Å². The van der Waals surface area contributed by atoms with Gasteiger partial charge in [0, 0.05) is 99.8 Å². The van der Waals surface area contributed by atoms with Gasteiger partial charge in [-0.15, -0.1) is 10.2 Å². The SMILES string of the molecule is C=C(F)C(=O)N1CCN(c2nc(OCCN3CCN(C(=O)C4CCN(Cc5ccc(-n6c(C(=O)NCC(F)(F)F)nnc6-c6cc(C(C)C)c(O)cc6O)cc5)CC4)CC3)nc3c2CCN(c2cccc4cccc(Cl)c24)C3)CC1CC#N. The standard InChI is InChI=1S/C59H64ClF4N13O6/c1-36(2)44-30-45(50(79)31-49(44)78)53-69-70-54(55(80)66-35-59(62,63)64)77(53)41-12-10-38(11-13-41)32-72-19-15-40(16-20-72)57(82)73-24-22-71(23-25-73)28-29-83-58-67-47-34-74(48-9-5-7-39-6-4-8-46(60)51(39)48)21-17-43(47)52(68-58)75-26-27-76(56(81)37(3)61)42(33-75)14-18-65/h4-13,30-31,36,40,42,78-79H,3,14-17,19-29,32-35H2,1-2H3,(H,66,80). The van der Waals surface area contributed by atoms with Crippen LogP contribution in [-0.4, -0.2) is 170 Å². The van der Waals surface area contributed by atoms with Crippen molar-refractivity contribution in [2.24, 2.45) is 5.92 Å². The second kappa shape index (κ2) is 24.8. The van der Waals surface area contributed by atoms with Crippen LogP contribution in [-0.2, 0) is 29.1 Å². The number of nitriles is 1. The molecular weight excluding hydrogens is 1100 g/mol. The van der Waals surface area contributed by atoms with E-state index in [2.05, 4.69) is 43.6 Å². The molecule has 3 N–H and O–H groups in total. The molecule has 1 unspecified atom stereocenters. The predicted molar refractivity (Wildman–Crippen MR) is 303 cm³/mol. The summed E-state index contributed by atoms with van der Waals surface area (Å²) in [7, 11) is 0. The number of fused-ring (bicyclic) bond motifs is 2. The second-order valence-corrected chi connectivity index (χ2v) is 22.1. The van der Waals surface area contributed by atoms with E-state index in [1.165, 1.54) is 15.5 Å². The Morgan fingerprint density at radius 2 is 1.63 bits per heavy atom. The molecule has 10 rings (SSSR count). The summed E-state index contributed by atoms with van der Waals surface area (Å²) in [6, 6.07) is 23.4. The average Bonchev–Trinajstić information content (AvgIpc) is 3.81. The van der Waals surface area contributed by atoms with Gasteiger partial charge in [-0.25, -0.2) is 4.39 Å². The number of halogens is 5. The summed E-state index contributed by atoms with van der Waals surface area (Å²) in [6.07, 6.45) is -2.71. The predicted octanol–water partition coefficient (Wildman–Crippen LogP) is 7.77. The van der Waals surface area contributed by atoms with Crippen molar-refractivity contribution in [1.82, 2.24) is 49.6 Å². The zero-order valence-electron chi connectivity index (χ0n) is 46.1. The van der Waals surface area contributed by atoms with Crippen molar-refractivity contribution in [3.63, 3.8) is 0 Å². The summed E-state index contributed by atoms with van der Waals surface area (Å²) >= 11 is 6.78. The van der Waals surface area contributed by atoms with Crippen LogP contribution in [0.25, 0.3) is 27.8 Å². The Morgan fingerprint density at radius 3 is 2.33 bits per heavy atom. The maximum Gasteiger partial charge on any atom is 0.405 e. The van der Waals surface area contributed by atoms with Gasteiger partial charge in [0.25, 0.3) is 11.8 Å². The summed E-state index contributed by atoms with van der Waals surface area (Å²) in [5.74, 6) is -3.46. The van der Waals surface area contributed by atoms with Crippen LogP contribution in [0.15, 0.2) is 85.2 Å². The first-order valence-corrected chi connectivity index (χ1v) is 28.1. The molecule has 436 valence electrons. The fourth-order valence-electron chi connectivity index (χ4n) is 11.6. The summed E-state index contributed by atoms with van der Waals surface area (Å²) < 4.78 is 61.1. The molecule has 0 aliphatic carbocycles. The molecule has 24 heteroatoms. The lowest BCUT2D eigenvalue weighted by Gasteiger charge is -2.42. The highest BCUT2D eigenvalue weighted by Crippen LogP contribution is 2.40. The lowest BCUT2D eigenvalue weighted by atomic mass is 9.94. The van der Waals surface area contributed by atoms with E-state index in [4.69, 9.17) is 26.3 Å². The molecule has 4 aliphatic heterocycles. The minimum Gasteiger partial charge on any atom is -0.508 e. The molecule has 0 spiro atoms. The number of carbonyl (C=O) groups is 3. The number of aromatic nitrogens is 5. The smallest absolute Gasteiger partial charge is 0.405 e. The van der Waals surface area contributed by atoms with Gasteiger partial charge in [-0.05, 0) is 85.1 Å². The fourth-order valence-corrected chi connectivity index (χ4v) is 11.9. The molecule has 6 heterocycles. The Bertz CT molecular complexity index is 3450. The second-order valence-electron chi connectivity index (χ2n) is 21.7. The molecule has 6 aromatic rings. The largest absolute Gasteiger partial charge is 0.508 e. The molecular formula is C59H64ClF4N13O6. The van der Waals surface area contributed by atoms with Crippen molar-refractivity contribution >= 4 is 51.6 Å². The zero-order chi connectivity index (χ0) is 58.7. The van der Waals surface area contributed by atoms with Crippen LogP contribution in [0.4, 0.5) is 29.1 Å². The van der Waals surface area contributed by atoms with Crippen LogP contribution in [0.3, 0.4) is 0 Å². The monoisotopic (exact) mass is 1160 g/mol. The number of hydrogen-bond donors (Lipinski definition) is 3. The van der Waals surface area contributed by atoms with Crippen LogP contribution in [0, 0.1) is 17.2 Å². The van der Waals surface area contributed by atoms with Crippen molar-refractivity contribution in [1.29, 1.82) is 5.26 Å². The number of piperazine rings is 2. The van der Waals surface area contributed by atoms with Crippen molar-refractivity contribution in [3.05, 3.63) is 118 Å². The van der Waals surface area contributed by atoms with Gasteiger partial charge >= 0.3 is 12.2 Å². The van der Waals surface area contributed by atoms with Gasteiger partial charge in [0.1, 0.15) is 30.5 Å². The minimum atomic E-state index is -4.67. The molecule has 83 heavy (non-hydrogen) atoms. The Balaban J connectivity index is 0.746. The molecule has 4 aliphatic rings. The lowest BCUT2D eigenvalue weighted by molar-refractivity contribution is -0.139. The highest BCUT2D eigenvalue weighted by molar-refractivity contribution is 6.36. The number of piperidine rings is 1. The zero-order valence-corrected chi connectivity index (χ0v) is 46.8. The van der Waals surface area contributed by atoms with Crippen molar-refractivity contribution in [2.75, 3.05) is 94.9 Å². The number of ether oxygens (including phenoxy) is 1. The molecule has 0 radical (unpaired) electrons. The number of rotatable bonds is 16. The van der Waals surface area contributed by atoms with Gasteiger partial charge in [0.2, 0.25) is 11.7 Å². The van der Waals surface area contributed by atoms with Crippen molar-refractivity contribution in [2.45, 2.75) is 70.8 Å². The third-order valence-electron chi connectivity index (χ3n) is 16.0. The summed E-state index contributed by atoms with van der Waals surface area (Å²) in [4.78, 5) is 61.9. The van der Waals surface area contributed by atoms with Crippen molar-refractivity contribution < 1.29 is 46.9 Å². The van der Waals surface area contributed by atoms with Crippen molar-refractivity contribution in [3.8, 4) is 40.7 Å². The number of alkyl halides is 3. The molecule has 4 aromatic carbocycles. The van der Waals surface area contributed by atoms with Gasteiger partial charge in [0.05, 0.1) is 41.4 Å². The Morgan fingerprint density at radius 1 is 0.892 bits per heavy atom. The number of nitrogens with zero attached hydrogens (tertiary/aromatic N) is 12. The van der Waals surface area contributed by atoms with Crippen LogP contribution >= 0.6 is 11.6 Å². The molecule has 0 saturated carbocycles. The molecule has 1 atom stereocenters. The molecule has 2 aromatic heterocycles. The van der Waals surface area contributed by atoms with E-state index in [0.29, 0.717) is 113 Å².